The van der Waals surface area contributed by atoms with Gasteiger partial charge in [-0.05, 0) is 19.8 Å². The van der Waals surface area contributed by atoms with Gasteiger partial charge in [-0.3, -0.25) is 0 Å². The predicted octanol–water partition coefficient (Wildman–Crippen LogP) is 3.07. The van der Waals surface area contributed by atoms with Gasteiger partial charge in [-0.15, -0.1) is 0 Å². The van der Waals surface area contributed by atoms with Crippen molar-refractivity contribution in [2.24, 2.45) is 0 Å². The molecule has 0 atom stereocenters. The number of carbonyl (C=O) groups is 1. The molecule has 0 rings (SSSR count). The Morgan fingerprint density at radius 1 is 1.11 bits per heavy atom. The molecule has 0 saturated carbocycles. The number of ether oxygens (including phenoxy) is 3. The van der Waals surface area contributed by atoms with E-state index in [0.29, 0.717) is 18.8 Å². The van der Waals surface area contributed by atoms with Crippen LogP contribution < -0.4 is 0 Å². The first-order valence-electron chi connectivity index (χ1n) is 6.67. The number of hydrogen-bond donors (Lipinski definition) is 0. The third-order valence-corrected chi connectivity index (χ3v) is 2.30. The predicted molar refractivity (Wildman–Crippen MR) is 71.3 cm³/mol. The first kappa shape index (κ1) is 17.1. The van der Waals surface area contributed by atoms with Gasteiger partial charge in [0.15, 0.2) is 6.29 Å². The second-order valence-corrected chi connectivity index (χ2v) is 4.26. The second kappa shape index (κ2) is 11.2. The van der Waals surface area contributed by atoms with Gasteiger partial charge < -0.3 is 14.2 Å². The Labute approximate surface area is 110 Å². The van der Waals surface area contributed by atoms with E-state index in [0.717, 1.165) is 25.7 Å². The van der Waals surface area contributed by atoms with Gasteiger partial charge in [0.05, 0.1) is 0 Å². The molecular formula is C14H26O4. The topological polar surface area (TPSA) is 44.8 Å². The molecule has 0 spiro atoms. The highest BCUT2D eigenvalue weighted by molar-refractivity contribution is 5.86. The van der Waals surface area contributed by atoms with Gasteiger partial charge in [0.1, 0.15) is 6.61 Å². The lowest BCUT2D eigenvalue weighted by atomic mass is 10.3. The summed E-state index contributed by atoms with van der Waals surface area (Å²) in [5, 5.41) is 0. The van der Waals surface area contributed by atoms with E-state index in [1.807, 2.05) is 0 Å². The highest BCUT2D eigenvalue weighted by atomic mass is 16.7. The maximum absolute atomic E-state index is 11.3. The molecule has 4 heteroatoms. The van der Waals surface area contributed by atoms with E-state index in [4.69, 9.17) is 14.2 Å². The van der Waals surface area contributed by atoms with E-state index in [-0.39, 0.29) is 6.61 Å². The molecule has 0 N–H and O–H groups in total. The van der Waals surface area contributed by atoms with Gasteiger partial charge in [0.25, 0.3) is 0 Å². The Morgan fingerprint density at radius 3 is 2.00 bits per heavy atom. The van der Waals surface area contributed by atoms with Crippen LogP contribution in [-0.2, 0) is 19.0 Å². The minimum absolute atomic E-state index is 0.124. The van der Waals surface area contributed by atoms with Crippen LogP contribution in [0.15, 0.2) is 12.2 Å². The van der Waals surface area contributed by atoms with E-state index < -0.39 is 12.3 Å². The maximum Gasteiger partial charge on any atom is 0.333 e. The van der Waals surface area contributed by atoms with Crippen LogP contribution in [0.2, 0.25) is 0 Å². The van der Waals surface area contributed by atoms with Crippen LogP contribution in [0.1, 0.15) is 46.5 Å². The first-order chi connectivity index (χ1) is 8.61. The van der Waals surface area contributed by atoms with Crippen LogP contribution in [0.5, 0.6) is 0 Å². The van der Waals surface area contributed by atoms with Gasteiger partial charge in [-0.1, -0.05) is 33.3 Å². The number of unbranched alkanes of at least 4 members (excludes halogenated alkanes) is 2. The molecule has 0 unspecified atom stereocenters. The molecule has 0 aliphatic heterocycles. The molecule has 106 valence electrons. The minimum atomic E-state index is -0.466. The van der Waals surface area contributed by atoms with Crippen LogP contribution in [0, 0.1) is 0 Å². The summed E-state index contributed by atoms with van der Waals surface area (Å²) in [5.74, 6) is -0.404. The van der Waals surface area contributed by atoms with Crippen molar-refractivity contribution in [3.8, 4) is 0 Å². The van der Waals surface area contributed by atoms with Crippen molar-refractivity contribution < 1.29 is 19.0 Å². The largest absolute Gasteiger partial charge is 0.457 e. The zero-order valence-electron chi connectivity index (χ0n) is 11.9. The fraction of sp³-hybridized carbons (Fsp3) is 0.786. The zero-order valence-corrected chi connectivity index (χ0v) is 11.9. The Balaban J connectivity index is 3.94. The highest BCUT2D eigenvalue weighted by Crippen LogP contribution is 2.03. The van der Waals surface area contributed by atoms with Crippen molar-refractivity contribution in [3.05, 3.63) is 12.2 Å². The SMILES string of the molecule is C=C(C)C(=O)OCC(OCCCC)OCCCC. The molecule has 0 radical (unpaired) electrons. The number of rotatable bonds is 11. The Morgan fingerprint density at radius 2 is 1.61 bits per heavy atom. The van der Waals surface area contributed by atoms with Gasteiger partial charge in [0.2, 0.25) is 0 Å². The van der Waals surface area contributed by atoms with Crippen molar-refractivity contribution in [2.45, 2.75) is 52.7 Å². The number of hydrogen-bond acceptors (Lipinski definition) is 4. The average molecular weight is 258 g/mol. The van der Waals surface area contributed by atoms with Crippen LogP contribution in [-0.4, -0.2) is 32.1 Å². The Bertz CT molecular complexity index is 228. The molecule has 0 aliphatic rings. The highest BCUT2D eigenvalue weighted by Gasteiger charge is 2.13. The second-order valence-electron chi connectivity index (χ2n) is 4.26. The molecule has 4 nitrogen and oxygen atoms in total. The lowest BCUT2D eigenvalue weighted by molar-refractivity contribution is -0.180. The summed E-state index contributed by atoms with van der Waals surface area (Å²) in [6.45, 7) is 10.7. The molecule has 0 saturated heterocycles. The van der Waals surface area contributed by atoms with Gasteiger partial charge in [0, 0.05) is 18.8 Å². The summed E-state index contributed by atoms with van der Waals surface area (Å²) in [6, 6.07) is 0. The van der Waals surface area contributed by atoms with E-state index in [2.05, 4.69) is 20.4 Å². The molecule has 0 bridgehead atoms. The summed E-state index contributed by atoms with van der Waals surface area (Å²) < 4.78 is 16.1. The summed E-state index contributed by atoms with van der Waals surface area (Å²) in [7, 11) is 0. The van der Waals surface area contributed by atoms with E-state index in [1.165, 1.54) is 0 Å². The summed E-state index contributed by atoms with van der Waals surface area (Å²) in [6.07, 6.45) is 3.61. The van der Waals surface area contributed by atoms with Crippen molar-refractivity contribution in [1.29, 1.82) is 0 Å². The van der Waals surface area contributed by atoms with Gasteiger partial charge in [-0.25, -0.2) is 4.79 Å². The minimum Gasteiger partial charge on any atom is -0.457 e. The summed E-state index contributed by atoms with van der Waals surface area (Å²) in [4.78, 5) is 11.3. The average Bonchev–Trinajstić information content (AvgIpc) is 2.35. The Hall–Kier alpha value is -0.870. The fourth-order valence-electron chi connectivity index (χ4n) is 1.13. The summed E-state index contributed by atoms with van der Waals surface area (Å²) in [5.41, 5.74) is 0.385. The molecule has 0 amide bonds. The van der Waals surface area contributed by atoms with E-state index in [1.54, 1.807) is 6.92 Å². The summed E-state index contributed by atoms with van der Waals surface area (Å²) >= 11 is 0. The molecular weight excluding hydrogens is 232 g/mol. The molecule has 0 aromatic carbocycles. The molecule has 0 heterocycles. The molecule has 0 aliphatic carbocycles. The molecule has 0 aromatic heterocycles. The quantitative estimate of drug-likeness (QED) is 0.247. The Kier molecular flexibility index (Phi) is 10.7. The van der Waals surface area contributed by atoms with Gasteiger partial charge >= 0.3 is 5.97 Å². The van der Waals surface area contributed by atoms with Crippen molar-refractivity contribution >= 4 is 5.97 Å². The normalized spacial score (nSPS) is 10.7. The molecule has 0 aromatic rings. The number of carbonyl (C=O) groups excluding carboxylic acids is 1. The first-order valence-corrected chi connectivity index (χ1v) is 6.67. The van der Waals surface area contributed by atoms with Gasteiger partial charge in [-0.2, -0.15) is 0 Å². The van der Waals surface area contributed by atoms with Crippen molar-refractivity contribution in [3.63, 3.8) is 0 Å². The molecule has 0 fully saturated rings. The van der Waals surface area contributed by atoms with Crippen molar-refractivity contribution in [1.82, 2.24) is 0 Å². The smallest absolute Gasteiger partial charge is 0.333 e. The molecule has 18 heavy (non-hydrogen) atoms. The van der Waals surface area contributed by atoms with Crippen LogP contribution in [0.3, 0.4) is 0 Å². The van der Waals surface area contributed by atoms with Crippen molar-refractivity contribution in [2.75, 3.05) is 19.8 Å². The van der Waals surface area contributed by atoms with E-state index >= 15 is 0 Å². The third-order valence-electron chi connectivity index (χ3n) is 2.30. The third kappa shape index (κ3) is 9.19. The van der Waals surface area contributed by atoms with Crippen LogP contribution in [0.4, 0.5) is 0 Å². The maximum atomic E-state index is 11.3. The van der Waals surface area contributed by atoms with E-state index in [9.17, 15) is 4.79 Å². The van der Waals surface area contributed by atoms with Crippen LogP contribution >= 0.6 is 0 Å². The standard InChI is InChI=1S/C14H26O4/c1-5-7-9-16-13(17-10-8-6-2)11-18-14(15)12(3)4/h13H,3,5-11H2,1-2,4H3. The number of esters is 1. The fourth-order valence-corrected chi connectivity index (χ4v) is 1.13. The lowest BCUT2D eigenvalue weighted by Gasteiger charge is -2.18. The lowest BCUT2D eigenvalue weighted by Crippen LogP contribution is -2.26. The zero-order chi connectivity index (χ0) is 13.8. The van der Waals surface area contributed by atoms with Crippen LogP contribution in [0.25, 0.3) is 0 Å². The monoisotopic (exact) mass is 258 g/mol.